The topological polar surface area (TPSA) is 72.0 Å². The Balaban J connectivity index is 1.65. The van der Waals surface area contributed by atoms with E-state index in [1.807, 2.05) is 38.7 Å². The maximum Gasteiger partial charge on any atom is 0.410 e. The van der Waals surface area contributed by atoms with E-state index in [0.29, 0.717) is 50.6 Å². The zero-order chi connectivity index (χ0) is 21.2. The SMILES string of the molecule is CC1CN(C(=O)c2ccc(CCl)cn2)CC2(CCN(C(=O)OC(C)(C)C)CC2)O1. The van der Waals surface area contributed by atoms with Gasteiger partial charge in [0.05, 0.1) is 18.2 Å². The standard InChI is InChI=1S/C21H30ClN3O4/c1-15-13-25(18(26)17-6-5-16(11-22)12-23-17)14-21(28-15)7-9-24(10-8-21)19(27)29-20(2,3)4/h5-6,12,15H,7-11,13-14H2,1-4H3. The highest BCUT2D eigenvalue weighted by atomic mass is 35.5. The fraction of sp³-hybridized carbons (Fsp3) is 0.667. The van der Waals surface area contributed by atoms with Crippen molar-refractivity contribution in [2.75, 3.05) is 26.2 Å². The van der Waals surface area contributed by atoms with Crippen molar-refractivity contribution in [1.29, 1.82) is 0 Å². The lowest BCUT2D eigenvalue weighted by molar-refractivity contribution is -0.160. The lowest BCUT2D eigenvalue weighted by atomic mass is 9.88. The number of carbonyl (C=O) groups excluding carboxylic acids is 2. The number of pyridine rings is 1. The fourth-order valence-corrected chi connectivity index (χ4v) is 4.03. The molecule has 0 saturated carbocycles. The van der Waals surface area contributed by atoms with Crippen molar-refractivity contribution >= 4 is 23.6 Å². The summed E-state index contributed by atoms with van der Waals surface area (Å²) >= 11 is 5.80. The van der Waals surface area contributed by atoms with Gasteiger partial charge in [-0.2, -0.15) is 0 Å². The molecule has 0 aromatic carbocycles. The van der Waals surface area contributed by atoms with Gasteiger partial charge in [-0.15, -0.1) is 11.6 Å². The molecule has 1 atom stereocenters. The number of morpholine rings is 1. The highest BCUT2D eigenvalue weighted by molar-refractivity contribution is 6.17. The molecule has 29 heavy (non-hydrogen) atoms. The Bertz CT molecular complexity index is 739. The Hall–Kier alpha value is -1.86. The molecule has 2 aliphatic rings. The molecular weight excluding hydrogens is 394 g/mol. The molecule has 1 aromatic heterocycles. The number of amides is 2. The first kappa shape index (κ1) is 21.8. The lowest BCUT2D eigenvalue weighted by Gasteiger charge is -2.49. The van der Waals surface area contributed by atoms with E-state index in [1.54, 1.807) is 17.2 Å². The minimum atomic E-state index is -0.517. The van der Waals surface area contributed by atoms with Gasteiger partial charge in [0, 0.05) is 31.7 Å². The summed E-state index contributed by atoms with van der Waals surface area (Å²) in [5.41, 5.74) is 0.331. The number of ether oxygens (including phenoxy) is 2. The molecule has 1 unspecified atom stereocenters. The molecule has 0 radical (unpaired) electrons. The van der Waals surface area contributed by atoms with Crippen LogP contribution in [-0.4, -0.2) is 70.3 Å². The van der Waals surface area contributed by atoms with Gasteiger partial charge in [-0.1, -0.05) is 6.07 Å². The van der Waals surface area contributed by atoms with Gasteiger partial charge in [-0.3, -0.25) is 9.78 Å². The van der Waals surface area contributed by atoms with Crippen LogP contribution in [0.15, 0.2) is 18.3 Å². The average Bonchev–Trinajstić information content (AvgIpc) is 2.66. The van der Waals surface area contributed by atoms with Gasteiger partial charge in [-0.05, 0) is 52.2 Å². The largest absolute Gasteiger partial charge is 0.444 e. The molecule has 3 rings (SSSR count). The number of nitrogens with zero attached hydrogens (tertiary/aromatic N) is 3. The minimum Gasteiger partial charge on any atom is -0.444 e. The van der Waals surface area contributed by atoms with E-state index in [0.717, 1.165) is 5.56 Å². The van der Waals surface area contributed by atoms with E-state index in [-0.39, 0.29) is 18.1 Å². The van der Waals surface area contributed by atoms with Gasteiger partial charge < -0.3 is 19.3 Å². The van der Waals surface area contributed by atoms with Crippen LogP contribution in [0.2, 0.25) is 0 Å². The van der Waals surface area contributed by atoms with E-state index in [9.17, 15) is 9.59 Å². The fourth-order valence-electron chi connectivity index (χ4n) is 3.87. The minimum absolute atomic E-state index is 0.0807. The predicted molar refractivity (Wildman–Crippen MR) is 110 cm³/mol. The maximum atomic E-state index is 13.0. The summed E-state index contributed by atoms with van der Waals surface area (Å²) in [6.45, 7) is 9.68. The van der Waals surface area contributed by atoms with Crippen LogP contribution in [0, 0.1) is 0 Å². The molecule has 2 fully saturated rings. The molecule has 0 N–H and O–H groups in total. The number of carbonyl (C=O) groups is 2. The summed E-state index contributed by atoms with van der Waals surface area (Å²) in [4.78, 5) is 33.1. The summed E-state index contributed by atoms with van der Waals surface area (Å²) < 4.78 is 11.8. The first-order valence-electron chi connectivity index (χ1n) is 10.1. The number of alkyl halides is 1. The molecule has 2 amide bonds. The second-order valence-corrected chi connectivity index (χ2v) is 9.22. The monoisotopic (exact) mass is 423 g/mol. The number of piperidine rings is 1. The number of rotatable bonds is 2. The molecule has 2 aliphatic heterocycles. The van der Waals surface area contributed by atoms with Crippen molar-refractivity contribution < 1.29 is 19.1 Å². The maximum absolute atomic E-state index is 13.0. The average molecular weight is 424 g/mol. The van der Waals surface area contributed by atoms with Crippen LogP contribution in [0.4, 0.5) is 4.79 Å². The Morgan fingerprint density at radius 1 is 1.28 bits per heavy atom. The smallest absolute Gasteiger partial charge is 0.410 e. The Labute approximate surface area is 177 Å². The number of hydrogen-bond donors (Lipinski definition) is 0. The third-order valence-electron chi connectivity index (χ3n) is 5.22. The molecule has 1 aromatic rings. The first-order chi connectivity index (χ1) is 13.6. The second-order valence-electron chi connectivity index (χ2n) is 8.95. The van der Waals surface area contributed by atoms with Gasteiger partial charge in [0.2, 0.25) is 0 Å². The van der Waals surface area contributed by atoms with Crippen LogP contribution in [-0.2, 0) is 15.4 Å². The third-order valence-corrected chi connectivity index (χ3v) is 5.53. The van der Waals surface area contributed by atoms with Crippen LogP contribution in [0.1, 0.15) is 56.6 Å². The van der Waals surface area contributed by atoms with Gasteiger partial charge in [-0.25, -0.2) is 4.79 Å². The molecule has 2 saturated heterocycles. The first-order valence-corrected chi connectivity index (χ1v) is 10.6. The third kappa shape index (κ3) is 5.39. The van der Waals surface area contributed by atoms with Crippen molar-refractivity contribution in [1.82, 2.24) is 14.8 Å². The van der Waals surface area contributed by atoms with Crippen molar-refractivity contribution in [2.24, 2.45) is 0 Å². The van der Waals surface area contributed by atoms with Crippen molar-refractivity contribution in [3.05, 3.63) is 29.6 Å². The molecular formula is C21H30ClN3O4. The molecule has 0 bridgehead atoms. The van der Waals surface area contributed by atoms with Crippen LogP contribution in [0.3, 0.4) is 0 Å². The molecule has 7 nitrogen and oxygen atoms in total. The van der Waals surface area contributed by atoms with Gasteiger partial charge in [0.1, 0.15) is 11.3 Å². The molecule has 8 heteroatoms. The van der Waals surface area contributed by atoms with Gasteiger partial charge in [0.15, 0.2) is 0 Å². The van der Waals surface area contributed by atoms with Crippen LogP contribution < -0.4 is 0 Å². The van der Waals surface area contributed by atoms with E-state index >= 15 is 0 Å². The van der Waals surface area contributed by atoms with Crippen LogP contribution >= 0.6 is 11.6 Å². The summed E-state index contributed by atoms with van der Waals surface area (Å²) in [5, 5.41) is 0. The van der Waals surface area contributed by atoms with Crippen LogP contribution in [0.5, 0.6) is 0 Å². The van der Waals surface area contributed by atoms with Crippen molar-refractivity contribution in [3.8, 4) is 0 Å². The number of likely N-dealkylation sites (tertiary alicyclic amines) is 1. The zero-order valence-corrected chi connectivity index (χ0v) is 18.4. The Morgan fingerprint density at radius 3 is 2.52 bits per heavy atom. The number of hydrogen-bond acceptors (Lipinski definition) is 5. The summed E-state index contributed by atoms with van der Waals surface area (Å²) in [5.74, 6) is 0.267. The van der Waals surface area contributed by atoms with E-state index in [4.69, 9.17) is 21.1 Å². The molecule has 1 spiro atoms. The summed E-state index contributed by atoms with van der Waals surface area (Å²) in [7, 11) is 0. The summed E-state index contributed by atoms with van der Waals surface area (Å²) in [6, 6.07) is 3.55. The lowest BCUT2D eigenvalue weighted by Crippen LogP contribution is -2.60. The zero-order valence-electron chi connectivity index (χ0n) is 17.6. The highest BCUT2D eigenvalue weighted by Gasteiger charge is 2.44. The molecule has 3 heterocycles. The molecule has 160 valence electrons. The second kappa shape index (κ2) is 8.48. The van der Waals surface area contributed by atoms with E-state index in [2.05, 4.69) is 4.98 Å². The van der Waals surface area contributed by atoms with Crippen molar-refractivity contribution in [3.63, 3.8) is 0 Å². The van der Waals surface area contributed by atoms with Gasteiger partial charge >= 0.3 is 6.09 Å². The highest BCUT2D eigenvalue weighted by Crippen LogP contribution is 2.33. The number of halogens is 1. The van der Waals surface area contributed by atoms with Gasteiger partial charge in [0.25, 0.3) is 5.91 Å². The van der Waals surface area contributed by atoms with E-state index < -0.39 is 11.2 Å². The molecule has 0 aliphatic carbocycles. The normalized spacial score (nSPS) is 21.9. The van der Waals surface area contributed by atoms with Crippen molar-refractivity contribution in [2.45, 2.75) is 63.7 Å². The Morgan fingerprint density at radius 2 is 1.97 bits per heavy atom. The van der Waals surface area contributed by atoms with Crippen LogP contribution in [0.25, 0.3) is 0 Å². The quantitative estimate of drug-likeness (QED) is 0.681. The van der Waals surface area contributed by atoms with E-state index in [1.165, 1.54) is 0 Å². The predicted octanol–water partition coefficient (Wildman–Crippen LogP) is 3.45. The summed E-state index contributed by atoms with van der Waals surface area (Å²) in [6.07, 6.45) is 2.59. The number of aromatic nitrogens is 1. The Kier molecular flexibility index (Phi) is 6.39.